The number of hydrogen-bond acceptors (Lipinski definition) is 4. The molecule has 1 aliphatic heterocycles. The van der Waals surface area contributed by atoms with Crippen LogP contribution < -0.4 is 10.6 Å². The molecule has 0 radical (unpaired) electrons. The smallest absolute Gasteiger partial charge is 0.253 e. The molecule has 4 aromatic rings. The topological polar surface area (TPSA) is 59.0 Å². The standard InChI is InChI=1S/C22H20F2N4OS/c23-15-2-1-3-19-21(15)14(22(29)27-17-6-7-25-9-16(17)24)11-28(19)10-13-4-5-18-20(8-13)30-12-26-18/h1-5,8,11-12,16-17,25H,6-7,9-10H2,(H,27,29). The van der Waals surface area contributed by atoms with Gasteiger partial charge in [0.2, 0.25) is 0 Å². The molecule has 154 valence electrons. The largest absolute Gasteiger partial charge is 0.346 e. The minimum Gasteiger partial charge on any atom is -0.346 e. The molecule has 1 amide bonds. The van der Waals surface area contributed by atoms with Gasteiger partial charge in [-0.3, -0.25) is 4.79 Å². The van der Waals surface area contributed by atoms with E-state index in [0.29, 0.717) is 25.0 Å². The van der Waals surface area contributed by atoms with E-state index in [9.17, 15) is 13.6 Å². The van der Waals surface area contributed by atoms with Gasteiger partial charge in [0.15, 0.2) is 0 Å². The maximum atomic E-state index is 14.7. The molecular formula is C22H20F2N4OS. The first kappa shape index (κ1) is 19.1. The molecule has 30 heavy (non-hydrogen) atoms. The Balaban J connectivity index is 1.50. The Kier molecular flexibility index (Phi) is 4.96. The maximum Gasteiger partial charge on any atom is 0.253 e. The fourth-order valence-electron chi connectivity index (χ4n) is 4.04. The van der Waals surface area contributed by atoms with Crippen molar-refractivity contribution in [3.05, 3.63) is 65.0 Å². The third-order valence-corrected chi connectivity index (χ3v) is 6.36. The fraction of sp³-hybridized carbons (Fsp3) is 0.273. The first-order chi connectivity index (χ1) is 14.6. The van der Waals surface area contributed by atoms with Crippen molar-refractivity contribution in [1.29, 1.82) is 0 Å². The highest BCUT2D eigenvalue weighted by molar-refractivity contribution is 7.16. The highest BCUT2D eigenvalue weighted by atomic mass is 32.1. The summed E-state index contributed by atoms with van der Waals surface area (Å²) >= 11 is 1.56. The highest BCUT2D eigenvalue weighted by Crippen LogP contribution is 2.27. The van der Waals surface area contributed by atoms with E-state index >= 15 is 0 Å². The molecule has 2 N–H and O–H groups in total. The Labute approximate surface area is 175 Å². The Morgan fingerprint density at radius 1 is 1.33 bits per heavy atom. The van der Waals surface area contributed by atoms with Gasteiger partial charge in [0.25, 0.3) is 5.91 Å². The number of nitrogens with zero attached hydrogens (tertiary/aromatic N) is 2. The second kappa shape index (κ2) is 7.77. The van der Waals surface area contributed by atoms with E-state index in [1.54, 1.807) is 35.2 Å². The number of benzene rings is 2. The summed E-state index contributed by atoms with van der Waals surface area (Å²) in [6.07, 6.45) is 1.00. The number of fused-ring (bicyclic) bond motifs is 2. The lowest BCUT2D eigenvalue weighted by molar-refractivity contribution is 0.0893. The molecular weight excluding hydrogens is 406 g/mol. The van der Waals surface area contributed by atoms with Gasteiger partial charge in [-0.05, 0) is 42.8 Å². The van der Waals surface area contributed by atoms with Crippen LogP contribution in [-0.4, -0.2) is 40.8 Å². The van der Waals surface area contributed by atoms with E-state index in [1.807, 2.05) is 16.7 Å². The van der Waals surface area contributed by atoms with Gasteiger partial charge >= 0.3 is 0 Å². The van der Waals surface area contributed by atoms with Crippen molar-refractivity contribution < 1.29 is 13.6 Å². The van der Waals surface area contributed by atoms with Crippen LogP contribution in [0.3, 0.4) is 0 Å². The predicted molar refractivity (Wildman–Crippen MR) is 114 cm³/mol. The highest BCUT2D eigenvalue weighted by Gasteiger charge is 2.28. The Morgan fingerprint density at radius 3 is 3.10 bits per heavy atom. The number of piperidine rings is 1. The summed E-state index contributed by atoms with van der Waals surface area (Å²) in [4.78, 5) is 17.2. The Morgan fingerprint density at radius 2 is 2.23 bits per heavy atom. The van der Waals surface area contributed by atoms with E-state index in [-0.39, 0.29) is 17.5 Å². The number of nitrogens with one attached hydrogen (secondary N) is 2. The molecule has 8 heteroatoms. The number of carbonyl (C=O) groups excluding carboxylic acids is 1. The monoisotopic (exact) mass is 426 g/mol. The molecule has 0 bridgehead atoms. The quantitative estimate of drug-likeness (QED) is 0.521. The van der Waals surface area contributed by atoms with Gasteiger partial charge in [-0.2, -0.15) is 0 Å². The van der Waals surface area contributed by atoms with E-state index < -0.39 is 23.9 Å². The van der Waals surface area contributed by atoms with Crippen molar-refractivity contribution in [2.75, 3.05) is 13.1 Å². The SMILES string of the molecule is O=C(NC1CCNCC1F)c1cn(Cc2ccc3ncsc3c2)c2cccc(F)c12. The molecule has 1 aliphatic rings. The second-order valence-corrected chi connectivity index (χ2v) is 8.43. The summed E-state index contributed by atoms with van der Waals surface area (Å²) in [5.74, 6) is -0.910. The van der Waals surface area contributed by atoms with E-state index in [4.69, 9.17) is 0 Å². The molecule has 3 heterocycles. The summed E-state index contributed by atoms with van der Waals surface area (Å²) in [5, 5.41) is 5.99. The lowest BCUT2D eigenvalue weighted by Gasteiger charge is -2.27. The van der Waals surface area contributed by atoms with Crippen LogP contribution in [0.5, 0.6) is 0 Å². The van der Waals surface area contributed by atoms with Crippen LogP contribution in [0.1, 0.15) is 22.3 Å². The minimum absolute atomic E-state index is 0.209. The number of amides is 1. The van der Waals surface area contributed by atoms with Gasteiger partial charge in [-0.25, -0.2) is 13.8 Å². The van der Waals surface area contributed by atoms with Crippen LogP contribution in [0.2, 0.25) is 0 Å². The third-order valence-electron chi connectivity index (χ3n) is 5.57. The second-order valence-electron chi connectivity index (χ2n) is 7.55. The molecule has 0 aliphatic carbocycles. The Hall–Kier alpha value is -2.84. The zero-order valence-corrected chi connectivity index (χ0v) is 16.9. The number of carbonyl (C=O) groups is 1. The normalized spacial score (nSPS) is 19.4. The first-order valence-corrected chi connectivity index (χ1v) is 10.7. The predicted octanol–water partition coefficient (Wildman–Crippen LogP) is 3.87. The van der Waals surface area contributed by atoms with Crippen LogP contribution in [-0.2, 0) is 6.54 Å². The Bertz CT molecular complexity index is 1230. The number of rotatable bonds is 4. The summed E-state index contributed by atoms with van der Waals surface area (Å²) < 4.78 is 31.8. The van der Waals surface area contributed by atoms with Crippen LogP contribution in [0.4, 0.5) is 8.78 Å². The number of aromatic nitrogens is 2. The number of alkyl halides is 1. The van der Waals surface area contributed by atoms with Crippen molar-refractivity contribution in [2.45, 2.75) is 25.2 Å². The average Bonchev–Trinajstić information content (AvgIpc) is 3.35. The van der Waals surface area contributed by atoms with Crippen molar-refractivity contribution >= 4 is 38.4 Å². The average molecular weight is 426 g/mol. The molecule has 1 saturated heterocycles. The van der Waals surface area contributed by atoms with Crippen LogP contribution in [0.25, 0.3) is 21.1 Å². The fourth-order valence-corrected chi connectivity index (χ4v) is 4.78. The minimum atomic E-state index is -1.16. The van der Waals surface area contributed by atoms with Crippen molar-refractivity contribution in [1.82, 2.24) is 20.2 Å². The zero-order valence-electron chi connectivity index (χ0n) is 16.1. The number of thiazole rings is 1. The zero-order chi connectivity index (χ0) is 20.7. The van der Waals surface area contributed by atoms with Crippen molar-refractivity contribution in [3.63, 3.8) is 0 Å². The molecule has 5 nitrogen and oxygen atoms in total. The molecule has 5 rings (SSSR count). The molecule has 0 saturated carbocycles. The molecule has 1 fully saturated rings. The maximum absolute atomic E-state index is 14.7. The number of hydrogen-bond donors (Lipinski definition) is 2. The summed E-state index contributed by atoms with van der Waals surface area (Å²) in [7, 11) is 0. The van der Waals surface area contributed by atoms with Gasteiger partial charge in [0.05, 0.1) is 32.8 Å². The van der Waals surface area contributed by atoms with Crippen LogP contribution in [0.15, 0.2) is 48.1 Å². The van der Waals surface area contributed by atoms with Gasteiger partial charge < -0.3 is 15.2 Å². The van der Waals surface area contributed by atoms with Gasteiger partial charge in [0, 0.05) is 24.7 Å². The van der Waals surface area contributed by atoms with Crippen LogP contribution in [0, 0.1) is 5.82 Å². The van der Waals surface area contributed by atoms with E-state index in [2.05, 4.69) is 21.7 Å². The first-order valence-electron chi connectivity index (χ1n) is 9.85. The molecule has 2 aromatic carbocycles. The summed E-state index contributed by atoms with van der Waals surface area (Å²) in [5.41, 5.74) is 4.63. The lowest BCUT2D eigenvalue weighted by atomic mass is 10.0. The number of halogens is 2. The third kappa shape index (κ3) is 3.46. The molecule has 2 atom stereocenters. The van der Waals surface area contributed by atoms with Crippen molar-refractivity contribution in [2.24, 2.45) is 0 Å². The lowest BCUT2D eigenvalue weighted by Crippen LogP contribution is -2.50. The van der Waals surface area contributed by atoms with E-state index in [0.717, 1.165) is 15.8 Å². The van der Waals surface area contributed by atoms with E-state index in [1.165, 1.54) is 6.07 Å². The summed E-state index contributed by atoms with van der Waals surface area (Å²) in [6.45, 7) is 1.34. The molecule has 0 spiro atoms. The summed E-state index contributed by atoms with van der Waals surface area (Å²) in [6, 6.07) is 10.2. The molecule has 2 aromatic heterocycles. The van der Waals surface area contributed by atoms with Crippen LogP contribution >= 0.6 is 11.3 Å². The van der Waals surface area contributed by atoms with Gasteiger partial charge in [0.1, 0.15) is 12.0 Å². The van der Waals surface area contributed by atoms with Gasteiger partial charge in [-0.15, -0.1) is 11.3 Å². The van der Waals surface area contributed by atoms with Gasteiger partial charge in [-0.1, -0.05) is 12.1 Å². The molecule has 2 unspecified atom stereocenters. The van der Waals surface area contributed by atoms with Crippen molar-refractivity contribution in [3.8, 4) is 0 Å².